The Morgan fingerprint density at radius 1 is 1.00 bits per heavy atom. The van der Waals surface area contributed by atoms with Crippen molar-refractivity contribution >= 4 is 22.4 Å². The van der Waals surface area contributed by atoms with Crippen LogP contribution in [0.25, 0.3) is 16.9 Å². The molecule has 0 spiro atoms. The highest BCUT2D eigenvalue weighted by Crippen LogP contribution is 2.26. The monoisotopic (exact) mass is 400 g/mol. The fourth-order valence-corrected chi connectivity index (χ4v) is 3.18. The number of nitrogens with zero attached hydrogens (tertiary/aromatic N) is 3. The first kappa shape index (κ1) is 17.9. The van der Waals surface area contributed by atoms with E-state index in [1.54, 1.807) is 23.7 Å². The number of halogens is 3. The number of carbonyl (C=O) groups is 1. The molecule has 2 aromatic heterocycles. The van der Waals surface area contributed by atoms with Gasteiger partial charge in [-0.25, -0.2) is 22.8 Å². The van der Waals surface area contributed by atoms with E-state index in [9.17, 15) is 18.0 Å². The van der Waals surface area contributed by atoms with Gasteiger partial charge in [0.2, 0.25) is 0 Å². The van der Waals surface area contributed by atoms with E-state index in [0.29, 0.717) is 22.1 Å². The van der Waals surface area contributed by atoms with Gasteiger partial charge in [0.15, 0.2) is 22.5 Å². The molecule has 28 heavy (non-hydrogen) atoms. The van der Waals surface area contributed by atoms with Crippen molar-refractivity contribution in [2.24, 2.45) is 0 Å². The van der Waals surface area contributed by atoms with E-state index in [0.717, 1.165) is 23.5 Å². The summed E-state index contributed by atoms with van der Waals surface area (Å²) in [5.74, 6) is -2.76. The molecular weight excluding hydrogens is 389 g/mol. The van der Waals surface area contributed by atoms with Gasteiger partial charge >= 0.3 is 0 Å². The summed E-state index contributed by atoms with van der Waals surface area (Å²) in [7, 11) is 0. The van der Waals surface area contributed by atoms with Crippen LogP contribution in [-0.4, -0.2) is 20.7 Å². The van der Waals surface area contributed by atoms with E-state index in [2.05, 4.69) is 15.4 Å². The highest BCUT2D eigenvalue weighted by Gasteiger charge is 2.14. The Morgan fingerprint density at radius 2 is 1.79 bits per heavy atom. The van der Waals surface area contributed by atoms with Gasteiger partial charge in [0.1, 0.15) is 5.82 Å². The Labute approximate surface area is 161 Å². The molecule has 4 aromatic rings. The molecule has 0 aliphatic heterocycles. The number of benzene rings is 2. The quantitative estimate of drug-likeness (QED) is 0.542. The fraction of sp³-hybridized carbons (Fsp3) is 0. The Morgan fingerprint density at radius 3 is 2.54 bits per heavy atom. The number of aromatic nitrogens is 3. The number of thiazole rings is 1. The first-order chi connectivity index (χ1) is 13.5. The molecule has 0 saturated carbocycles. The van der Waals surface area contributed by atoms with E-state index in [4.69, 9.17) is 0 Å². The second-order valence-corrected chi connectivity index (χ2v) is 6.60. The maximum atomic E-state index is 13.4. The van der Waals surface area contributed by atoms with Crippen LogP contribution in [0.2, 0.25) is 0 Å². The molecule has 0 fully saturated rings. The van der Waals surface area contributed by atoms with E-state index in [-0.39, 0.29) is 11.5 Å². The van der Waals surface area contributed by atoms with Crippen molar-refractivity contribution in [3.8, 4) is 16.9 Å². The third-order valence-electron chi connectivity index (χ3n) is 3.85. The lowest BCUT2D eigenvalue weighted by Gasteiger charge is -2.01. The molecule has 0 atom stereocenters. The number of nitrogens with one attached hydrogen (secondary N) is 1. The number of hydrogen-bond acceptors (Lipinski definition) is 4. The summed E-state index contributed by atoms with van der Waals surface area (Å²) in [6.45, 7) is 0. The molecule has 0 saturated heterocycles. The van der Waals surface area contributed by atoms with Gasteiger partial charge in [-0.3, -0.25) is 10.1 Å². The number of anilines is 1. The molecule has 4 rings (SSSR count). The van der Waals surface area contributed by atoms with Crippen molar-refractivity contribution < 1.29 is 18.0 Å². The van der Waals surface area contributed by atoms with Gasteiger partial charge in [-0.15, -0.1) is 11.3 Å². The molecule has 0 bridgehead atoms. The average molecular weight is 400 g/mol. The summed E-state index contributed by atoms with van der Waals surface area (Å²) in [6.07, 6.45) is 1.58. The predicted octanol–water partition coefficient (Wildman–Crippen LogP) is 4.67. The Hall–Kier alpha value is -3.46. The summed E-state index contributed by atoms with van der Waals surface area (Å²) >= 11 is 1.15. The summed E-state index contributed by atoms with van der Waals surface area (Å²) in [5, 5.41) is 8.69. The average Bonchev–Trinajstić information content (AvgIpc) is 3.34. The van der Waals surface area contributed by atoms with E-state index < -0.39 is 17.5 Å². The Balaban J connectivity index is 1.49. The molecule has 0 radical (unpaired) electrons. The normalized spacial score (nSPS) is 10.8. The van der Waals surface area contributed by atoms with Crippen LogP contribution in [0.5, 0.6) is 0 Å². The van der Waals surface area contributed by atoms with Crippen molar-refractivity contribution in [3.05, 3.63) is 83.3 Å². The predicted molar refractivity (Wildman–Crippen MR) is 98.9 cm³/mol. The molecule has 1 N–H and O–H groups in total. The Kier molecular flexibility index (Phi) is 4.66. The molecule has 0 aliphatic rings. The first-order valence-electron chi connectivity index (χ1n) is 8.03. The molecule has 1 amide bonds. The third-order valence-corrected chi connectivity index (χ3v) is 4.61. The van der Waals surface area contributed by atoms with Crippen molar-refractivity contribution in [1.29, 1.82) is 0 Å². The molecule has 5 nitrogen and oxygen atoms in total. The largest absolute Gasteiger partial charge is 0.296 e. The van der Waals surface area contributed by atoms with Gasteiger partial charge < -0.3 is 0 Å². The second kappa shape index (κ2) is 7.28. The van der Waals surface area contributed by atoms with Crippen LogP contribution in [0, 0.1) is 17.5 Å². The smallest absolute Gasteiger partial charge is 0.277 e. The van der Waals surface area contributed by atoms with Crippen molar-refractivity contribution in [2.45, 2.75) is 0 Å². The zero-order valence-corrected chi connectivity index (χ0v) is 14.9. The van der Waals surface area contributed by atoms with Gasteiger partial charge in [0.25, 0.3) is 5.91 Å². The van der Waals surface area contributed by atoms with Crippen molar-refractivity contribution in [3.63, 3.8) is 0 Å². The minimum absolute atomic E-state index is 0.147. The number of rotatable bonds is 4. The topological polar surface area (TPSA) is 59.8 Å². The van der Waals surface area contributed by atoms with Gasteiger partial charge in [0.05, 0.1) is 11.4 Å². The first-order valence-corrected chi connectivity index (χ1v) is 8.91. The highest BCUT2D eigenvalue weighted by atomic mass is 32.1. The standard InChI is InChI=1S/C19H11F3N4OS/c20-12-2-4-13(5-3-12)26-8-7-16(25-26)18(27)24-19-23-17(10-28-19)11-1-6-14(21)15(22)9-11/h1-10H,(H,23,24,27). The lowest BCUT2D eigenvalue weighted by Crippen LogP contribution is -2.13. The third kappa shape index (κ3) is 3.65. The van der Waals surface area contributed by atoms with Crippen LogP contribution in [0.15, 0.2) is 60.1 Å². The molecule has 140 valence electrons. The van der Waals surface area contributed by atoms with Gasteiger partial charge in [-0.05, 0) is 48.5 Å². The minimum atomic E-state index is -0.970. The van der Waals surface area contributed by atoms with E-state index in [1.165, 1.54) is 28.9 Å². The summed E-state index contributed by atoms with van der Waals surface area (Å²) in [4.78, 5) is 16.6. The maximum Gasteiger partial charge on any atom is 0.277 e. The van der Waals surface area contributed by atoms with Crippen LogP contribution in [0.1, 0.15) is 10.5 Å². The Bertz CT molecular complexity index is 1150. The fourth-order valence-electron chi connectivity index (χ4n) is 2.46. The number of carbonyl (C=O) groups excluding carboxylic acids is 1. The van der Waals surface area contributed by atoms with Crippen LogP contribution < -0.4 is 5.32 Å². The van der Waals surface area contributed by atoms with Crippen LogP contribution in [0.3, 0.4) is 0 Å². The SMILES string of the molecule is O=C(Nc1nc(-c2ccc(F)c(F)c2)cs1)c1ccn(-c2ccc(F)cc2)n1. The van der Waals surface area contributed by atoms with Gasteiger partial charge in [-0.2, -0.15) is 5.10 Å². The van der Waals surface area contributed by atoms with Gasteiger partial charge in [-0.1, -0.05) is 0 Å². The lowest BCUT2D eigenvalue weighted by molar-refractivity contribution is 0.102. The van der Waals surface area contributed by atoms with Gasteiger partial charge in [0, 0.05) is 17.1 Å². The second-order valence-electron chi connectivity index (χ2n) is 5.74. The zero-order chi connectivity index (χ0) is 19.7. The molecule has 2 heterocycles. The van der Waals surface area contributed by atoms with Crippen molar-refractivity contribution in [1.82, 2.24) is 14.8 Å². The highest BCUT2D eigenvalue weighted by molar-refractivity contribution is 7.14. The zero-order valence-electron chi connectivity index (χ0n) is 14.1. The van der Waals surface area contributed by atoms with Crippen LogP contribution in [0.4, 0.5) is 18.3 Å². The summed E-state index contributed by atoms with van der Waals surface area (Å²) in [5.41, 5.74) is 1.57. The maximum absolute atomic E-state index is 13.4. The summed E-state index contributed by atoms with van der Waals surface area (Å²) in [6, 6.07) is 10.7. The molecule has 0 aliphatic carbocycles. The molecule has 9 heteroatoms. The number of hydrogen-bond donors (Lipinski definition) is 1. The molecular formula is C19H11F3N4OS. The molecule has 0 unspecified atom stereocenters. The van der Waals surface area contributed by atoms with Crippen LogP contribution in [-0.2, 0) is 0 Å². The lowest BCUT2D eigenvalue weighted by atomic mass is 10.2. The summed E-state index contributed by atoms with van der Waals surface area (Å²) < 4.78 is 40.9. The van der Waals surface area contributed by atoms with Crippen molar-refractivity contribution in [2.75, 3.05) is 5.32 Å². The van der Waals surface area contributed by atoms with Crippen LogP contribution >= 0.6 is 11.3 Å². The minimum Gasteiger partial charge on any atom is -0.296 e. The molecule has 2 aromatic carbocycles. The van der Waals surface area contributed by atoms with E-state index >= 15 is 0 Å². The van der Waals surface area contributed by atoms with E-state index in [1.807, 2.05) is 0 Å². The number of amides is 1.